The molecule has 0 heterocycles. The highest BCUT2D eigenvalue weighted by Crippen LogP contribution is 2.34. The molecule has 1 fully saturated rings. The first-order valence-corrected chi connectivity index (χ1v) is 10.6. The third-order valence-corrected chi connectivity index (χ3v) is 5.52. The van der Waals surface area contributed by atoms with Gasteiger partial charge in [0.2, 0.25) is 5.91 Å². The predicted molar refractivity (Wildman–Crippen MR) is 112 cm³/mol. The van der Waals surface area contributed by atoms with E-state index in [-0.39, 0.29) is 17.9 Å². The summed E-state index contributed by atoms with van der Waals surface area (Å²) in [5.41, 5.74) is 0.982. The maximum atomic E-state index is 13.3. The van der Waals surface area contributed by atoms with Crippen LogP contribution in [-0.2, 0) is 9.53 Å². The summed E-state index contributed by atoms with van der Waals surface area (Å²) >= 11 is 0. The van der Waals surface area contributed by atoms with Gasteiger partial charge in [0.15, 0.2) is 0 Å². The monoisotopic (exact) mass is 389 g/mol. The third-order valence-electron chi connectivity index (χ3n) is 5.52. The molecule has 0 bridgehead atoms. The lowest BCUT2D eigenvalue weighted by Crippen LogP contribution is -2.43. The van der Waals surface area contributed by atoms with Gasteiger partial charge in [0.05, 0.1) is 25.0 Å². The van der Waals surface area contributed by atoms with Crippen molar-refractivity contribution >= 4 is 17.6 Å². The first-order valence-electron chi connectivity index (χ1n) is 10.6. The highest BCUT2D eigenvalue weighted by molar-refractivity contribution is 6.03. The van der Waals surface area contributed by atoms with Crippen LogP contribution < -0.4 is 9.64 Å². The van der Waals surface area contributed by atoms with Gasteiger partial charge in [-0.3, -0.25) is 4.79 Å². The van der Waals surface area contributed by atoms with E-state index in [9.17, 15) is 9.59 Å². The second kappa shape index (κ2) is 10.5. The number of esters is 1. The van der Waals surface area contributed by atoms with Crippen LogP contribution in [0.3, 0.4) is 0 Å². The van der Waals surface area contributed by atoms with Gasteiger partial charge in [-0.15, -0.1) is 0 Å². The number of carbonyl (C=O) groups is 2. The molecular formula is C23H35NO4. The summed E-state index contributed by atoms with van der Waals surface area (Å²) in [5.74, 6) is 0.977. The molecule has 5 heteroatoms. The van der Waals surface area contributed by atoms with Gasteiger partial charge in [-0.2, -0.15) is 0 Å². The average molecular weight is 390 g/mol. The van der Waals surface area contributed by atoms with E-state index in [4.69, 9.17) is 9.47 Å². The van der Waals surface area contributed by atoms with Gasteiger partial charge in [-0.1, -0.05) is 20.3 Å². The number of hydrogen-bond donors (Lipinski definition) is 0. The molecule has 28 heavy (non-hydrogen) atoms. The molecular weight excluding hydrogens is 354 g/mol. The fourth-order valence-electron chi connectivity index (χ4n) is 3.78. The number of ether oxygens (including phenoxy) is 2. The molecule has 0 aromatic heterocycles. The van der Waals surface area contributed by atoms with Crippen molar-refractivity contribution in [1.82, 2.24) is 0 Å². The molecule has 0 aliphatic heterocycles. The smallest absolute Gasteiger partial charge is 0.340 e. The van der Waals surface area contributed by atoms with E-state index in [0.717, 1.165) is 38.5 Å². The van der Waals surface area contributed by atoms with Crippen molar-refractivity contribution in [2.24, 2.45) is 11.8 Å². The lowest BCUT2D eigenvalue weighted by molar-refractivity contribution is -0.123. The summed E-state index contributed by atoms with van der Waals surface area (Å²) in [5, 5.41) is 0. The second-order valence-corrected chi connectivity index (χ2v) is 8.13. The molecule has 1 aromatic rings. The highest BCUT2D eigenvalue weighted by Gasteiger charge is 2.32. The Labute approximate surface area is 169 Å². The summed E-state index contributed by atoms with van der Waals surface area (Å²) < 4.78 is 10.7. The van der Waals surface area contributed by atoms with Crippen LogP contribution >= 0.6 is 0 Å². The van der Waals surface area contributed by atoms with Crippen LogP contribution in [0.15, 0.2) is 18.2 Å². The molecule has 156 valence electrons. The topological polar surface area (TPSA) is 55.8 Å². The minimum Gasteiger partial charge on any atom is -0.494 e. The van der Waals surface area contributed by atoms with Crippen molar-refractivity contribution in [2.45, 2.75) is 72.3 Å². The fourth-order valence-corrected chi connectivity index (χ4v) is 3.78. The zero-order valence-corrected chi connectivity index (χ0v) is 18.0. The van der Waals surface area contributed by atoms with Crippen LogP contribution in [0.1, 0.15) is 76.6 Å². The van der Waals surface area contributed by atoms with Crippen LogP contribution in [0.5, 0.6) is 5.75 Å². The zero-order valence-electron chi connectivity index (χ0n) is 18.0. The number of anilines is 1. The summed E-state index contributed by atoms with van der Waals surface area (Å²) in [6.45, 7) is 8.91. The molecule has 0 atom stereocenters. The molecule has 5 nitrogen and oxygen atoms in total. The molecule has 1 saturated carbocycles. The Morgan fingerprint density at radius 2 is 1.86 bits per heavy atom. The SMILES string of the molecule is CCCCOc1ccc(N(C(=O)[C@H]2CC[C@H](C)CC2)C(C)C)c(C(=O)OC)c1. The summed E-state index contributed by atoms with van der Waals surface area (Å²) in [6.07, 6.45) is 5.97. The van der Waals surface area contributed by atoms with Crippen LogP contribution in [0.4, 0.5) is 5.69 Å². The molecule has 0 N–H and O–H groups in total. The molecule has 0 spiro atoms. The number of amides is 1. The Bertz CT molecular complexity index is 663. The van der Waals surface area contributed by atoms with E-state index in [0.29, 0.717) is 29.5 Å². The van der Waals surface area contributed by atoms with Crippen molar-refractivity contribution < 1.29 is 19.1 Å². The second-order valence-electron chi connectivity index (χ2n) is 8.13. The van der Waals surface area contributed by atoms with E-state index in [1.165, 1.54) is 7.11 Å². The molecule has 1 aliphatic rings. The van der Waals surface area contributed by atoms with Crippen LogP contribution in [0, 0.1) is 11.8 Å². The quantitative estimate of drug-likeness (QED) is 0.452. The molecule has 1 aromatic carbocycles. The van der Waals surface area contributed by atoms with Gasteiger partial charge >= 0.3 is 5.97 Å². The van der Waals surface area contributed by atoms with Gasteiger partial charge in [-0.25, -0.2) is 4.79 Å². The number of hydrogen-bond acceptors (Lipinski definition) is 4. The minimum absolute atomic E-state index is 0.0181. The standard InChI is InChI=1S/C23H35NO4/c1-6-7-14-28-19-12-13-21(20(15-19)23(26)27-5)24(16(2)3)22(25)18-10-8-17(4)9-11-18/h12-13,15-18H,6-11,14H2,1-5H3/t17-,18-. The fraction of sp³-hybridized carbons (Fsp3) is 0.652. The average Bonchev–Trinajstić information content (AvgIpc) is 2.68. The minimum atomic E-state index is -0.452. The molecule has 0 saturated heterocycles. The molecule has 0 radical (unpaired) electrons. The summed E-state index contributed by atoms with van der Waals surface area (Å²) in [4.78, 5) is 27.6. The lowest BCUT2D eigenvalue weighted by Gasteiger charge is -2.34. The molecule has 2 rings (SSSR count). The number of nitrogens with zero attached hydrogens (tertiary/aromatic N) is 1. The maximum absolute atomic E-state index is 13.3. The summed E-state index contributed by atoms with van der Waals surface area (Å²) in [6, 6.07) is 5.30. The number of rotatable bonds is 8. The lowest BCUT2D eigenvalue weighted by atomic mass is 9.82. The first-order chi connectivity index (χ1) is 13.4. The van der Waals surface area contributed by atoms with Crippen molar-refractivity contribution in [3.05, 3.63) is 23.8 Å². The first kappa shape index (κ1) is 22.3. The number of methoxy groups -OCH3 is 1. The number of carbonyl (C=O) groups excluding carboxylic acids is 2. The number of benzene rings is 1. The highest BCUT2D eigenvalue weighted by atomic mass is 16.5. The van der Waals surface area contributed by atoms with Crippen LogP contribution in [0.2, 0.25) is 0 Å². The molecule has 0 unspecified atom stereocenters. The van der Waals surface area contributed by atoms with Crippen molar-refractivity contribution in [2.75, 3.05) is 18.6 Å². The Kier molecular flexibility index (Phi) is 8.34. The van der Waals surface area contributed by atoms with Crippen LogP contribution in [0.25, 0.3) is 0 Å². The van der Waals surface area contributed by atoms with Gasteiger partial charge in [0.25, 0.3) is 0 Å². The van der Waals surface area contributed by atoms with Crippen molar-refractivity contribution in [1.29, 1.82) is 0 Å². The predicted octanol–water partition coefficient (Wildman–Crippen LogP) is 5.22. The van der Waals surface area contributed by atoms with E-state index < -0.39 is 5.97 Å². The van der Waals surface area contributed by atoms with E-state index >= 15 is 0 Å². The largest absolute Gasteiger partial charge is 0.494 e. The van der Waals surface area contributed by atoms with Gasteiger partial charge < -0.3 is 14.4 Å². The van der Waals surface area contributed by atoms with Gasteiger partial charge in [-0.05, 0) is 70.1 Å². The Morgan fingerprint density at radius 3 is 2.43 bits per heavy atom. The van der Waals surface area contributed by atoms with E-state index in [2.05, 4.69) is 13.8 Å². The normalized spacial score (nSPS) is 19.4. The number of unbranched alkanes of at least 4 members (excludes halogenated alkanes) is 1. The Balaban J connectivity index is 2.33. The Morgan fingerprint density at radius 1 is 1.18 bits per heavy atom. The third kappa shape index (κ3) is 5.49. The van der Waals surface area contributed by atoms with Gasteiger partial charge in [0, 0.05) is 12.0 Å². The molecule has 1 amide bonds. The zero-order chi connectivity index (χ0) is 20.7. The van der Waals surface area contributed by atoms with E-state index in [1.807, 2.05) is 26.0 Å². The van der Waals surface area contributed by atoms with Crippen molar-refractivity contribution in [3.63, 3.8) is 0 Å². The van der Waals surface area contributed by atoms with Crippen molar-refractivity contribution in [3.8, 4) is 5.75 Å². The summed E-state index contributed by atoms with van der Waals surface area (Å²) in [7, 11) is 1.36. The molecule has 1 aliphatic carbocycles. The van der Waals surface area contributed by atoms with E-state index in [1.54, 1.807) is 11.0 Å². The maximum Gasteiger partial charge on any atom is 0.340 e. The van der Waals surface area contributed by atoms with Crippen LogP contribution in [-0.4, -0.2) is 31.6 Å². The Hall–Kier alpha value is -2.04. The van der Waals surface area contributed by atoms with Gasteiger partial charge in [0.1, 0.15) is 5.75 Å².